The number of rotatable bonds is 5. The Balaban J connectivity index is 1.65. The van der Waals surface area contributed by atoms with E-state index in [-0.39, 0.29) is 5.91 Å². The van der Waals surface area contributed by atoms with Crippen molar-refractivity contribution in [2.75, 3.05) is 5.32 Å². The molecule has 0 bridgehead atoms. The van der Waals surface area contributed by atoms with Crippen LogP contribution in [0.1, 0.15) is 5.56 Å². The fourth-order valence-corrected chi connectivity index (χ4v) is 3.39. The molecule has 0 spiro atoms. The molecule has 0 radical (unpaired) electrons. The molecule has 1 atom stereocenters. The van der Waals surface area contributed by atoms with Crippen molar-refractivity contribution in [2.24, 2.45) is 5.73 Å². The maximum Gasteiger partial charge on any atom is 0.243 e. The van der Waals surface area contributed by atoms with Crippen molar-refractivity contribution in [1.82, 2.24) is 4.98 Å². The second-order valence-electron chi connectivity index (χ2n) is 5.33. The van der Waals surface area contributed by atoms with Gasteiger partial charge in [-0.05, 0) is 24.1 Å². The molecule has 3 aromatic rings. The molecule has 3 rings (SSSR count). The Morgan fingerprint density at radius 1 is 1.21 bits per heavy atom. The number of hydrogen-bond acceptors (Lipinski definition) is 4. The molecule has 0 saturated carbocycles. The van der Waals surface area contributed by atoms with Gasteiger partial charge in [-0.15, -0.1) is 11.3 Å². The van der Waals surface area contributed by atoms with Gasteiger partial charge >= 0.3 is 0 Å². The van der Waals surface area contributed by atoms with Crippen LogP contribution in [0.4, 0.5) is 5.13 Å². The van der Waals surface area contributed by atoms with Crippen LogP contribution in [0.25, 0.3) is 11.3 Å². The Bertz CT molecular complexity index is 835. The van der Waals surface area contributed by atoms with E-state index in [1.807, 2.05) is 60.0 Å². The highest BCUT2D eigenvalue weighted by Gasteiger charge is 2.16. The number of benzene rings is 2. The number of aromatic nitrogens is 1. The topological polar surface area (TPSA) is 68.0 Å². The number of hydrogen-bond donors (Lipinski definition) is 2. The molecule has 6 heteroatoms. The highest BCUT2D eigenvalue weighted by atomic mass is 79.9. The van der Waals surface area contributed by atoms with Gasteiger partial charge in [0.15, 0.2) is 5.13 Å². The summed E-state index contributed by atoms with van der Waals surface area (Å²) in [5.74, 6) is -0.228. The van der Waals surface area contributed by atoms with Gasteiger partial charge in [0, 0.05) is 15.4 Å². The fraction of sp³-hybridized carbons (Fsp3) is 0.111. The van der Waals surface area contributed by atoms with Crippen LogP contribution >= 0.6 is 27.3 Å². The maximum atomic E-state index is 12.2. The minimum absolute atomic E-state index is 0.228. The number of halogens is 1. The lowest BCUT2D eigenvalue weighted by Gasteiger charge is -2.10. The monoisotopic (exact) mass is 401 g/mol. The van der Waals surface area contributed by atoms with E-state index in [2.05, 4.69) is 26.2 Å². The minimum atomic E-state index is -0.606. The standard InChI is InChI=1S/C18H16BrN3OS/c19-14-8-4-7-13(10-14)16-11-24-18(21-16)22-17(23)15(20)9-12-5-2-1-3-6-12/h1-8,10-11,15H,9,20H2,(H,21,22,23). The molecule has 0 fully saturated rings. The average Bonchev–Trinajstić information content (AvgIpc) is 3.04. The SMILES string of the molecule is NC(Cc1ccccc1)C(=O)Nc1nc(-c2cccc(Br)c2)cs1. The van der Waals surface area contributed by atoms with Crippen LogP contribution in [0.5, 0.6) is 0 Å². The number of thiazole rings is 1. The van der Waals surface area contributed by atoms with Crippen LogP contribution in [0.15, 0.2) is 64.5 Å². The Morgan fingerprint density at radius 2 is 2.00 bits per heavy atom. The van der Waals surface area contributed by atoms with E-state index >= 15 is 0 Å². The zero-order valence-corrected chi connectivity index (χ0v) is 15.2. The number of nitrogens with one attached hydrogen (secondary N) is 1. The summed E-state index contributed by atoms with van der Waals surface area (Å²) in [4.78, 5) is 16.7. The van der Waals surface area contributed by atoms with Crippen LogP contribution in [0.2, 0.25) is 0 Å². The van der Waals surface area contributed by atoms with Crippen molar-refractivity contribution in [3.63, 3.8) is 0 Å². The first kappa shape index (κ1) is 16.8. The van der Waals surface area contributed by atoms with Crippen molar-refractivity contribution in [3.8, 4) is 11.3 Å². The molecule has 1 amide bonds. The van der Waals surface area contributed by atoms with Gasteiger partial charge in [-0.3, -0.25) is 4.79 Å². The van der Waals surface area contributed by atoms with E-state index in [4.69, 9.17) is 5.73 Å². The lowest BCUT2D eigenvalue weighted by atomic mass is 10.1. The van der Waals surface area contributed by atoms with Crippen LogP contribution in [-0.4, -0.2) is 16.9 Å². The van der Waals surface area contributed by atoms with E-state index in [1.165, 1.54) is 11.3 Å². The largest absolute Gasteiger partial charge is 0.320 e. The third-order valence-corrected chi connectivity index (χ3v) is 4.74. The van der Waals surface area contributed by atoms with Gasteiger partial charge in [0.2, 0.25) is 5.91 Å². The zero-order valence-electron chi connectivity index (χ0n) is 12.8. The smallest absolute Gasteiger partial charge is 0.243 e. The summed E-state index contributed by atoms with van der Waals surface area (Å²) >= 11 is 4.83. The molecule has 4 nitrogen and oxygen atoms in total. The van der Waals surface area contributed by atoms with Gasteiger partial charge in [0.1, 0.15) is 0 Å². The van der Waals surface area contributed by atoms with Gasteiger partial charge in [0.25, 0.3) is 0 Å². The number of anilines is 1. The number of nitrogens with two attached hydrogens (primary N) is 1. The summed E-state index contributed by atoms with van der Waals surface area (Å²) in [7, 11) is 0. The predicted molar refractivity (Wildman–Crippen MR) is 102 cm³/mol. The van der Waals surface area contributed by atoms with Crippen LogP contribution in [0, 0.1) is 0 Å². The molecule has 24 heavy (non-hydrogen) atoms. The predicted octanol–water partition coefficient (Wildman–Crippen LogP) is 4.08. The summed E-state index contributed by atoms with van der Waals surface area (Å²) < 4.78 is 0.989. The Morgan fingerprint density at radius 3 is 2.75 bits per heavy atom. The van der Waals surface area contributed by atoms with E-state index in [9.17, 15) is 4.79 Å². The number of carbonyl (C=O) groups excluding carboxylic acids is 1. The zero-order chi connectivity index (χ0) is 16.9. The summed E-state index contributed by atoms with van der Waals surface area (Å²) in [5, 5.41) is 5.27. The third-order valence-electron chi connectivity index (χ3n) is 3.49. The molecule has 0 aliphatic rings. The van der Waals surface area contributed by atoms with Crippen molar-refractivity contribution < 1.29 is 4.79 Å². The minimum Gasteiger partial charge on any atom is -0.320 e. The quantitative estimate of drug-likeness (QED) is 0.676. The molecule has 3 N–H and O–H groups in total. The van der Waals surface area contributed by atoms with E-state index in [0.29, 0.717) is 11.6 Å². The molecule has 1 unspecified atom stereocenters. The molecule has 1 heterocycles. The van der Waals surface area contributed by atoms with Crippen LogP contribution < -0.4 is 11.1 Å². The normalized spacial score (nSPS) is 11.9. The van der Waals surface area contributed by atoms with Gasteiger partial charge in [-0.2, -0.15) is 0 Å². The summed E-state index contributed by atoms with van der Waals surface area (Å²) in [6.07, 6.45) is 0.497. The highest BCUT2D eigenvalue weighted by molar-refractivity contribution is 9.10. The second-order valence-corrected chi connectivity index (χ2v) is 7.11. The molecule has 2 aromatic carbocycles. The Hall–Kier alpha value is -2.02. The highest BCUT2D eigenvalue weighted by Crippen LogP contribution is 2.26. The van der Waals surface area contributed by atoms with Crippen molar-refractivity contribution >= 4 is 38.3 Å². The summed E-state index contributed by atoms with van der Waals surface area (Å²) in [6.45, 7) is 0. The fourth-order valence-electron chi connectivity index (χ4n) is 2.27. The first-order chi connectivity index (χ1) is 11.6. The second kappa shape index (κ2) is 7.70. The third kappa shape index (κ3) is 4.29. The lowest BCUT2D eigenvalue weighted by Crippen LogP contribution is -2.37. The van der Waals surface area contributed by atoms with Gasteiger partial charge in [0.05, 0.1) is 11.7 Å². The Labute approximate surface area is 152 Å². The van der Waals surface area contributed by atoms with Gasteiger partial charge in [-0.25, -0.2) is 4.98 Å². The molecular weight excluding hydrogens is 386 g/mol. The summed E-state index contributed by atoms with van der Waals surface area (Å²) in [6, 6.07) is 17.0. The molecule has 0 aliphatic heterocycles. The molecule has 1 aromatic heterocycles. The first-order valence-electron chi connectivity index (χ1n) is 7.43. The van der Waals surface area contributed by atoms with E-state index in [0.717, 1.165) is 21.3 Å². The molecule has 0 aliphatic carbocycles. The number of amides is 1. The van der Waals surface area contributed by atoms with E-state index in [1.54, 1.807) is 0 Å². The summed E-state index contributed by atoms with van der Waals surface area (Å²) in [5.41, 5.74) is 8.85. The molecule has 122 valence electrons. The molecule has 0 saturated heterocycles. The van der Waals surface area contributed by atoms with Gasteiger partial charge in [-0.1, -0.05) is 58.4 Å². The van der Waals surface area contributed by atoms with Crippen molar-refractivity contribution in [3.05, 3.63) is 70.0 Å². The van der Waals surface area contributed by atoms with E-state index < -0.39 is 6.04 Å². The maximum absolute atomic E-state index is 12.2. The van der Waals surface area contributed by atoms with Crippen molar-refractivity contribution in [1.29, 1.82) is 0 Å². The van der Waals surface area contributed by atoms with Gasteiger partial charge < -0.3 is 11.1 Å². The first-order valence-corrected chi connectivity index (χ1v) is 9.11. The van der Waals surface area contributed by atoms with Crippen molar-refractivity contribution in [2.45, 2.75) is 12.5 Å². The average molecular weight is 402 g/mol. The number of nitrogens with zero attached hydrogens (tertiary/aromatic N) is 1. The lowest BCUT2D eigenvalue weighted by molar-refractivity contribution is -0.117. The molecular formula is C18H16BrN3OS. The van der Waals surface area contributed by atoms with Crippen LogP contribution in [0.3, 0.4) is 0 Å². The number of carbonyl (C=O) groups is 1. The van der Waals surface area contributed by atoms with Crippen LogP contribution in [-0.2, 0) is 11.2 Å². The Kier molecular flexibility index (Phi) is 5.40.